The molecule has 2 rings (SSSR count). The molecule has 14 nitrogen and oxygen atoms in total. The largest absolute Gasteiger partial charge is 0.362 e. The molecule has 0 aromatic heterocycles. The number of ketones is 1. The lowest BCUT2D eigenvalue weighted by Crippen LogP contribution is -2.62. The zero-order chi connectivity index (χ0) is 37.3. The monoisotopic (exact) mass is 690 g/mol. The maximum absolute atomic E-state index is 14.4. The van der Waals surface area contributed by atoms with E-state index in [1.165, 1.54) is 11.0 Å². The van der Waals surface area contributed by atoms with E-state index in [0.29, 0.717) is 12.8 Å². The first-order chi connectivity index (χ1) is 22.7. The summed E-state index contributed by atoms with van der Waals surface area (Å²) in [4.78, 5) is 94.7. The fourth-order valence-electron chi connectivity index (χ4n) is 5.79. The summed E-state index contributed by atoms with van der Waals surface area (Å²) in [5, 5.41) is 10.9. The van der Waals surface area contributed by atoms with Crippen LogP contribution in [0.2, 0.25) is 0 Å². The highest BCUT2D eigenvalue weighted by Crippen LogP contribution is 2.32. The molecule has 0 spiro atoms. The number of nitrogens with one attached hydrogen (secondary N) is 4. The van der Waals surface area contributed by atoms with Gasteiger partial charge in [0.15, 0.2) is 0 Å². The zero-order valence-corrected chi connectivity index (χ0v) is 30.8. The second-order valence-electron chi connectivity index (χ2n) is 15.5. The van der Waals surface area contributed by atoms with Crippen molar-refractivity contribution in [2.75, 3.05) is 32.8 Å². The summed E-state index contributed by atoms with van der Waals surface area (Å²) >= 11 is 0. The third-order valence-corrected chi connectivity index (χ3v) is 9.13. The third-order valence-electron chi connectivity index (χ3n) is 9.13. The number of urea groups is 1. The molecule has 276 valence electrons. The van der Waals surface area contributed by atoms with Crippen molar-refractivity contribution >= 4 is 41.4 Å². The zero-order valence-electron chi connectivity index (χ0n) is 30.8. The van der Waals surface area contributed by atoms with Gasteiger partial charge in [0.2, 0.25) is 17.6 Å². The number of likely N-dealkylation sites (tertiary alicyclic amines) is 1. The number of ether oxygens (including phenoxy) is 1. The normalized spacial score (nSPS) is 20.4. The molecule has 5 atom stereocenters. The number of carbonyl (C=O) groups excluding carboxylic acids is 7. The molecule has 2 heterocycles. The average molecular weight is 691 g/mol. The molecule has 0 aliphatic carbocycles. The molecule has 7 amide bonds. The summed E-state index contributed by atoms with van der Waals surface area (Å²) in [7, 11) is 0. The van der Waals surface area contributed by atoms with Gasteiger partial charge in [-0.15, -0.1) is 6.58 Å². The molecule has 0 saturated carbocycles. The van der Waals surface area contributed by atoms with E-state index in [9.17, 15) is 33.6 Å². The van der Waals surface area contributed by atoms with Gasteiger partial charge in [0.25, 0.3) is 17.7 Å². The first-order valence-corrected chi connectivity index (χ1v) is 17.2. The first kappa shape index (κ1) is 41.4. The average Bonchev–Trinajstić information content (AvgIpc) is 3.46. The summed E-state index contributed by atoms with van der Waals surface area (Å²) in [5.41, 5.74) is -1.37. The second-order valence-corrected chi connectivity index (χ2v) is 15.5. The molecule has 0 aromatic carbocycles. The molecule has 2 aliphatic heterocycles. The van der Waals surface area contributed by atoms with Crippen LogP contribution in [0.15, 0.2) is 12.7 Å². The van der Waals surface area contributed by atoms with Crippen molar-refractivity contribution in [3.8, 4) is 0 Å². The maximum Gasteiger partial charge on any atom is 0.315 e. The van der Waals surface area contributed by atoms with E-state index in [1.54, 1.807) is 20.8 Å². The number of nitrogens with zero attached hydrogens (tertiary/aromatic N) is 2. The Bertz CT molecular complexity index is 1240. The van der Waals surface area contributed by atoms with E-state index in [-0.39, 0.29) is 51.1 Å². The van der Waals surface area contributed by atoms with Crippen LogP contribution in [0, 0.1) is 22.7 Å². The lowest BCUT2D eigenvalue weighted by atomic mass is 9.85. The number of Topliss-reactive ketones (excluding diaryl/α,β-unsaturated/α-hetero) is 1. The summed E-state index contributed by atoms with van der Waals surface area (Å²) in [6.45, 7) is 20.3. The Morgan fingerprint density at radius 3 is 2.08 bits per heavy atom. The van der Waals surface area contributed by atoms with Gasteiger partial charge in [0.1, 0.15) is 25.3 Å². The number of imide groups is 1. The van der Waals surface area contributed by atoms with Crippen molar-refractivity contribution in [2.45, 2.75) is 112 Å². The van der Waals surface area contributed by atoms with E-state index in [1.807, 2.05) is 41.5 Å². The van der Waals surface area contributed by atoms with Gasteiger partial charge in [-0.2, -0.15) is 0 Å². The van der Waals surface area contributed by atoms with Gasteiger partial charge in [-0.05, 0) is 35.5 Å². The minimum absolute atomic E-state index is 0.0244. The Labute approximate surface area is 290 Å². The van der Waals surface area contributed by atoms with Crippen LogP contribution in [-0.2, 0) is 33.5 Å². The smallest absolute Gasteiger partial charge is 0.315 e. The molecule has 49 heavy (non-hydrogen) atoms. The quantitative estimate of drug-likeness (QED) is 0.114. The molecule has 0 bridgehead atoms. The SMILES string of the molecule is C=CCNC(=O)C(=O)C(CCCC)NC(=O)[C@@H]1CC(C(C)C)CN1C(=O)[C@@H](NC(=O)N[C@H](CN1C(=O)COCC1=O)C(C)(C)C)C(C)(C)C. The molecule has 2 aliphatic rings. The van der Waals surface area contributed by atoms with E-state index in [0.717, 1.165) is 11.3 Å². The first-order valence-electron chi connectivity index (χ1n) is 17.2. The van der Waals surface area contributed by atoms with Crippen LogP contribution >= 0.6 is 0 Å². The number of morpholine rings is 1. The lowest BCUT2D eigenvalue weighted by molar-refractivity contribution is -0.159. The fourth-order valence-corrected chi connectivity index (χ4v) is 5.79. The number of carbonyl (C=O) groups is 7. The molecule has 14 heteroatoms. The molecular formula is C35H58N6O8. The van der Waals surface area contributed by atoms with E-state index >= 15 is 0 Å². The topological polar surface area (TPSA) is 183 Å². The van der Waals surface area contributed by atoms with E-state index < -0.39 is 76.3 Å². The second kappa shape index (κ2) is 17.7. The van der Waals surface area contributed by atoms with Crippen molar-refractivity contribution in [2.24, 2.45) is 22.7 Å². The molecule has 2 unspecified atom stereocenters. The van der Waals surface area contributed by atoms with Crippen molar-refractivity contribution in [1.29, 1.82) is 0 Å². The summed E-state index contributed by atoms with van der Waals surface area (Å²) in [6, 6.07) is -4.38. The highest BCUT2D eigenvalue weighted by atomic mass is 16.5. The van der Waals surface area contributed by atoms with Crippen LogP contribution in [0.25, 0.3) is 0 Å². The molecular weight excluding hydrogens is 632 g/mol. The number of amides is 7. The van der Waals surface area contributed by atoms with Gasteiger partial charge in [0.05, 0.1) is 12.1 Å². The highest BCUT2D eigenvalue weighted by molar-refractivity contribution is 6.38. The highest BCUT2D eigenvalue weighted by Gasteiger charge is 2.46. The minimum atomic E-state index is -1.07. The molecule has 2 fully saturated rings. The fraction of sp³-hybridized carbons (Fsp3) is 0.743. The lowest BCUT2D eigenvalue weighted by Gasteiger charge is -2.38. The summed E-state index contributed by atoms with van der Waals surface area (Å²) < 4.78 is 5.01. The number of unbranched alkanes of at least 4 members (excludes halogenated alkanes) is 1. The Balaban J connectivity index is 2.33. The number of hydrogen-bond acceptors (Lipinski definition) is 8. The molecule has 0 radical (unpaired) electrons. The Kier molecular flexibility index (Phi) is 15.0. The minimum Gasteiger partial charge on any atom is -0.362 e. The number of hydrogen-bond donors (Lipinski definition) is 4. The van der Waals surface area contributed by atoms with Crippen LogP contribution in [0.4, 0.5) is 4.79 Å². The number of rotatable bonds is 15. The van der Waals surface area contributed by atoms with E-state index in [4.69, 9.17) is 4.74 Å². The van der Waals surface area contributed by atoms with Gasteiger partial charge in [0, 0.05) is 19.6 Å². The molecule has 2 saturated heterocycles. The third kappa shape index (κ3) is 11.6. The molecule has 4 N–H and O–H groups in total. The summed E-state index contributed by atoms with van der Waals surface area (Å²) in [5.74, 6) is -3.46. The standard InChI is InChI=1S/C35H58N6O8/c1-11-13-14-23(28(44)31(46)36-15-12-2)37-30(45)24-16-22(21(3)4)17-40(24)32(47)29(35(8,9)10)39-33(48)38-25(34(5,6)7)18-41-26(42)19-49-20-27(41)43/h12,21-25,29H,2,11,13-20H2,1,3-10H3,(H,36,46)(H,37,45)(H2,38,39,48)/t22?,23?,24-,25+,29+/m0/s1. The van der Waals surface area contributed by atoms with Gasteiger partial charge >= 0.3 is 6.03 Å². The van der Waals surface area contributed by atoms with Crippen LogP contribution in [-0.4, -0.2) is 108 Å². The van der Waals surface area contributed by atoms with Gasteiger partial charge in [-0.3, -0.25) is 33.7 Å². The van der Waals surface area contributed by atoms with E-state index in [2.05, 4.69) is 27.8 Å². The Hall–Kier alpha value is -3.81. The van der Waals surface area contributed by atoms with Crippen molar-refractivity contribution in [3.05, 3.63) is 12.7 Å². The predicted octanol–water partition coefficient (Wildman–Crippen LogP) is 1.92. The predicted molar refractivity (Wildman–Crippen MR) is 184 cm³/mol. The van der Waals surface area contributed by atoms with Crippen LogP contribution < -0.4 is 21.3 Å². The Morgan fingerprint density at radius 1 is 0.959 bits per heavy atom. The van der Waals surface area contributed by atoms with Gasteiger partial charge in [-0.1, -0.05) is 81.2 Å². The molecule has 0 aromatic rings. The van der Waals surface area contributed by atoms with Crippen LogP contribution in [0.1, 0.15) is 88.0 Å². The van der Waals surface area contributed by atoms with Crippen molar-refractivity contribution < 1.29 is 38.3 Å². The van der Waals surface area contributed by atoms with Crippen molar-refractivity contribution in [3.63, 3.8) is 0 Å². The summed E-state index contributed by atoms with van der Waals surface area (Å²) in [6.07, 6.45) is 3.41. The van der Waals surface area contributed by atoms with Crippen molar-refractivity contribution in [1.82, 2.24) is 31.1 Å². The van der Waals surface area contributed by atoms with Crippen LogP contribution in [0.5, 0.6) is 0 Å². The van der Waals surface area contributed by atoms with Crippen LogP contribution in [0.3, 0.4) is 0 Å². The maximum atomic E-state index is 14.4. The Morgan fingerprint density at radius 2 is 1.57 bits per heavy atom. The van der Waals surface area contributed by atoms with Gasteiger partial charge < -0.3 is 30.9 Å². The van der Waals surface area contributed by atoms with Gasteiger partial charge in [-0.25, -0.2) is 4.79 Å².